The molecule has 250 valence electrons. The van der Waals surface area contributed by atoms with Gasteiger partial charge in [0.25, 0.3) is 0 Å². The molecule has 7 nitrogen and oxygen atoms in total. The normalized spacial score (nSPS) is 15.0. The summed E-state index contributed by atoms with van der Waals surface area (Å²) in [5.41, 5.74) is 4.87. The van der Waals surface area contributed by atoms with E-state index in [-0.39, 0.29) is 72.7 Å². The number of ether oxygens (including phenoxy) is 2. The minimum atomic E-state index is -1.26. The Labute approximate surface area is 307 Å². The molecule has 1 unspecified atom stereocenters. The maximum absolute atomic E-state index is 13.9. The molecule has 1 heterocycles. The van der Waals surface area contributed by atoms with E-state index in [9.17, 15) is 19.5 Å². The summed E-state index contributed by atoms with van der Waals surface area (Å²) in [5.74, 6) is 0.494. The maximum Gasteiger partial charge on any atom is 1.00 e. The van der Waals surface area contributed by atoms with Gasteiger partial charge in [-0.3, -0.25) is 9.59 Å². The third-order valence-corrected chi connectivity index (χ3v) is 9.70. The van der Waals surface area contributed by atoms with Crippen LogP contribution in [0.5, 0.6) is 11.5 Å². The average molecular weight is 662 g/mol. The maximum atomic E-state index is 13.9. The van der Waals surface area contributed by atoms with Crippen molar-refractivity contribution in [1.82, 2.24) is 0 Å². The fraction of sp³-hybridized carbons (Fsp3) is 0.475. The Bertz CT molecular complexity index is 1490. The molecule has 0 radical (unpaired) electrons. The molecular weight excluding hydrogens is 613 g/mol. The van der Waals surface area contributed by atoms with E-state index in [1.54, 1.807) is 0 Å². The van der Waals surface area contributed by atoms with Gasteiger partial charge in [0.05, 0.1) is 6.42 Å². The van der Waals surface area contributed by atoms with Gasteiger partial charge in [0, 0.05) is 35.1 Å². The van der Waals surface area contributed by atoms with E-state index >= 15 is 0 Å². The van der Waals surface area contributed by atoms with E-state index in [2.05, 4.69) is 25.2 Å². The number of benzene rings is 3. The Morgan fingerprint density at radius 1 is 0.875 bits per heavy atom. The zero-order valence-corrected chi connectivity index (χ0v) is 30.8. The number of aryl methyl sites for hydroxylation is 1. The second-order valence-electron chi connectivity index (χ2n) is 13.5. The summed E-state index contributed by atoms with van der Waals surface area (Å²) in [6.07, 6.45) is 9.88. The van der Waals surface area contributed by atoms with Crippen molar-refractivity contribution in [2.24, 2.45) is 5.92 Å². The molecule has 1 aliphatic carbocycles. The van der Waals surface area contributed by atoms with E-state index in [0.717, 1.165) is 64.6 Å². The Morgan fingerprint density at radius 2 is 1.54 bits per heavy atom. The molecule has 0 bridgehead atoms. The number of aliphatic carboxylic acids is 1. The summed E-state index contributed by atoms with van der Waals surface area (Å²) in [6.45, 7) is 4.24. The Hall–Kier alpha value is -3.13. The number of rotatable bonds is 15. The fourth-order valence-corrected chi connectivity index (χ4v) is 7.20. The predicted octanol–water partition coefficient (Wildman–Crippen LogP) is 5.21. The molecule has 1 amide bonds. The van der Waals surface area contributed by atoms with Crippen molar-refractivity contribution in [2.75, 3.05) is 5.32 Å². The molecular formula is C40H48NNaO6. The molecule has 1 saturated carbocycles. The number of carboxylic acids is 1. The first-order valence-corrected chi connectivity index (χ1v) is 17.4. The van der Waals surface area contributed by atoms with Gasteiger partial charge in [0.1, 0.15) is 17.6 Å². The van der Waals surface area contributed by atoms with Crippen LogP contribution >= 0.6 is 0 Å². The van der Waals surface area contributed by atoms with Gasteiger partial charge in [-0.1, -0.05) is 107 Å². The van der Waals surface area contributed by atoms with Crippen LogP contribution in [0.15, 0.2) is 66.7 Å². The molecule has 1 aliphatic heterocycles. The Morgan fingerprint density at radius 3 is 2.19 bits per heavy atom. The van der Waals surface area contributed by atoms with Crippen molar-refractivity contribution >= 4 is 23.5 Å². The minimum absolute atomic E-state index is 0. The SMILES string of the molecule is CC(C)c1cccc(CCC(CCCC2CCCCC2)OC(=O)CCC(=O)[O-])c1NC(=O)CC1c2ccccc2Oc2ccccc21.[Na+]. The van der Waals surface area contributed by atoms with Gasteiger partial charge in [-0.25, -0.2) is 0 Å². The van der Waals surface area contributed by atoms with E-state index in [1.807, 2.05) is 60.7 Å². The molecule has 8 heteroatoms. The molecule has 3 aromatic carbocycles. The molecule has 5 rings (SSSR count). The summed E-state index contributed by atoms with van der Waals surface area (Å²) in [5, 5.41) is 14.2. The molecule has 48 heavy (non-hydrogen) atoms. The van der Waals surface area contributed by atoms with Gasteiger partial charge in [-0.05, 0) is 67.2 Å². The summed E-state index contributed by atoms with van der Waals surface area (Å²) in [6, 6.07) is 21.9. The topological polar surface area (TPSA) is 105 Å². The van der Waals surface area contributed by atoms with Crippen molar-refractivity contribution in [3.05, 3.63) is 89.0 Å². The smallest absolute Gasteiger partial charge is 0.550 e. The molecule has 1 fully saturated rings. The van der Waals surface area contributed by atoms with Gasteiger partial charge >= 0.3 is 35.5 Å². The van der Waals surface area contributed by atoms with Gasteiger partial charge in [0.2, 0.25) is 5.91 Å². The molecule has 0 aromatic heterocycles. The fourth-order valence-electron chi connectivity index (χ4n) is 7.20. The second-order valence-corrected chi connectivity index (χ2v) is 13.5. The van der Waals surface area contributed by atoms with E-state index < -0.39 is 11.9 Å². The van der Waals surface area contributed by atoms with Crippen LogP contribution in [0.25, 0.3) is 0 Å². The molecule has 0 saturated heterocycles. The van der Waals surface area contributed by atoms with Crippen LogP contribution in [0.2, 0.25) is 0 Å². The Kier molecular flexibility index (Phi) is 14.6. The standard InChI is InChI=1S/C40H49NO6.Na/c1-27(2)31-19-11-15-29(22-23-30(46-39(45)25-24-38(43)44)16-10-14-28-12-4-3-5-13-28)40(31)41-37(42)26-34-32-17-6-8-20-35(32)47-36-21-9-7-18-33(34)36;/h6-9,11,15,17-21,27-28,30,34H,3-5,10,12-14,16,22-26H2,1-2H3,(H,41,42)(H,43,44);/q;+1/p-1. The van der Waals surface area contributed by atoms with Crippen LogP contribution in [-0.4, -0.2) is 23.9 Å². The number of nitrogens with one attached hydrogen (secondary N) is 1. The molecule has 1 N–H and O–H groups in total. The summed E-state index contributed by atoms with van der Waals surface area (Å²) in [4.78, 5) is 37.4. The number of hydrogen-bond donors (Lipinski definition) is 1. The number of carboxylic acid groups (broad SMARTS) is 1. The van der Waals surface area contributed by atoms with Crippen LogP contribution in [0.1, 0.15) is 125 Å². The molecule has 3 aromatic rings. The Balaban J connectivity index is 0.00000520. The van der Waals surface area contributed by atoms with Crippen molar-refractivity contribution < 1.29 is 58.5 Å². The summed E-state index contributed by atoms with van der Waals surface area (Å²) in [7, 11) is 0. The van der Waals surface area contributed by atoms with Gasteiger partial charge in [-0.2, -0.15) is 0 Å². The zero-order valence-electron chi connectivity index (χ0n) is 28.8. The second kappa shape index (κ2) is 18.6. The average Bonchev–Trinajstić information content (AvgIpc) is 3.07. The first-order valence-electron chi connectivity index (χ1n) is 17.4. The predicted molar refractivity (Wildman–Crippen MR) is 181 cm³/mol. The monoisotopic (exact) mass is 661 g/mol. The van der Waals surface area contributed by atoms with Crippen molar-refractivity contribution in [3.63, 3.8) is 0 Å². The zero-order chi connectivity index (χ0) is 33.2. The number of carbonyl (C=O) groups excluding carboxylic acids is 3. The minimum Gasteiger partial charge on any atom is -0.550 e. The number of fused-ring (bicyclic) bond motifs is 2. The number of carbonyl (C=O) groups is 3. The number of esters is 1. The number of para-hydroxylation sites is 3. The van der Waals surface area contributed by atoms with Gasteiger partial charge in [-0.15, -0.1) is 0 Å². The number of hydrogen-bond acceptors (Lipinski definition) is 6. The van der Waals surface area contributed by atoms with Crippen LogP contribution < -0.4 is 44.7 Å². The van der Waals surface area contributed by atoms with E-state index in [1.165, 1.54) is 32.1 Å². The van der Waals surface area contributed by atoms with Crippen LogP contribution in [0.3, 0.4) is 0 Å². The van der Waals surface area contributed by atoms with Crippen LogP contribution in [-0.2, 0) is 25.5 Å². The number of amides is 1. The van der Waals surface area contributed by atoms with E-state index in [0.29, 0.717) is 12.8 Å². The van der Waals surface area contributed by atoms with Gasteiger partial charge < -0.3 is 24.7 Å². The first-order chi connectivity index (χ1) is 22.8. The van der Waals surface area contributed by atoms with Crippen molar-refractivity contribution in [3.8, 4) is 11.5 Å². The molecule has 2 aliphatic rings. The van der Waals surface area contributed by atoms with Crippen LogP contribution in [0, 0.1) is 5.92 Å². The quantitative estimate of drug-likeness (QED) is 0.177. The van der Waals surface area contributed by atoms with Crippen molar-refractivity contribution in [2.45, 2.75) is 115 Å². The summed E-state index contributed by atoms with van der Waals surface area (Å²) < 4.78 is 12.0. The molecule has 0 spiro atoms. The van der Waals surface area contributed by atoms with Gasteiger partial charge in [0.15, 0.2) is 0 Å². The third kappa shape index (κ3) is 10.4. The van der Waals surface area contributed by atoms with E-state index in [4.69, 9.17) is 9.47 Å². The summed E-state index contributed by atoms with van der Waals surface area (Å²) >= 11 is 0. The number of anilines is 1. The third-order valence-electron chi connectivity index (χ3n) is 9.70. The molecule has 1 atom stereocenters. The largest absolute Gasteiger partial charge is 1.00 e. The van der Waals surface area contributed by atoms with Crippen molar-refractivity contribution in [1.29, 1.82) is 0 Å². The first kappa shape index (κ1) is 37.7. The van der Waals surface area contributed by atoms with Crippen LogP contribution in [0.4, 0.5) is 5.69 Å².